The van der Waals surface area contributed by atoms with Crippen LogP contribution in [0.25, 0.3) is 0 Å². The Balaban J connectivity index is 1.49. The fourth-order valence-corrected chi connectivity index (χ4v) is 3.41. The minimum Gasteiger partial charge on any atom is -0.373 e. The van der Waals surface area contributed by atoms with E-state index in [1.54, 1.807) is 24.8 Å². The molecule has 2 aliphatic heterocycles. The van der Waals surface area contributed by atoms with Crippen molar-refractivity contribution in [1.29, 1.82) is 0 Å². The maximum absolute atomic E-state index is 6.16. The normalized spacial score (nSPS) is 27.0. The second-order valence-electron chi connectivity index (χ2n) is 5.95. The van der Waals surface area contributed by atoms with Gasteiger partial charge in [-0.05, 0) is 36.6 Å². The lowest BCUT2D eigenvalue weighted by molar-refractivity contribution is -0.0784. The van der Waals surface area contributed by atoms with Crippen molar-refractivity contribution < 1.29 is 9.47 Å². The van der Waals surface area contributed by atoms with Gasteiger partial charge in [0.2, 0.25) is 5.95 Å². The average molecular weight is 312 g/mol. The number of nitrogens with zero attached hydrogens (tertiary/aromatic N) is 4. The summed E-state index contributed by atoms with van der Waals surface area (Å²) in [4.78, 5) is 15.1. The molecule has 120 valence electrons. The molecule has 2 aromatic heterocycles. The van der Waals surface area contributed by atoms with Gasteiger partial charge in [0, 0.05) is 31.4 Å². The molecule has 6 heteroatoms. The van der Waals surface area contributed by atoms with Crippen molar-refractivity contribution in [2.75, 3.05) is 18.1 Å². The first-order valence-electron chi connectivity index (χ1n) is 8.07. The average Bonchev–Trinajstić information content (AvgIpc) is 3.01. The van der Waals surface area contributed by atoms with Gasteiger partial charge < -0.3 is 14.4 Å². The summed E-state index contributed by atoms with van der Waals surface area (Å²) in [6.45, 7) is 2.15. The van der Waals surface area contributed by atoms with Gasteiger partial charge in [0.25, 0.3) is 0 Å². The summed E-state index contributed by atoms with van der Waals surface area (Å²) in [5.74, 6) is 0.767. The molecule has 0 N–H and O–H groups in total. The summed E-state index contributed by atoms with van der Waals surface area (Å²) in [5, 5.41) is 0. The molecule has 0 spiro atoms. The fourth-order valence-electron chi connectivity index (χ4n) is 3.41. The van der Waals surface area contributed by atoms with E-state index in [-0.39, 0.29) is 12.2 Å². The van der Waals surface area contributed by atoms with Crippen molar-refractivity contribution >= 4 is 5.95 Å². The van der Waals surface area contributed by atoms with E-state index < -0.39 is 0 Å². The Hall–Kier alpha value is -2.05. The largest absolute Gasteiger partial charge is 0.373 e. The first-order chi connectivity index (χ1) is 11.4. The van der Waals surface area contributed by atoms with Gasteiger partial charge in [0.1, 0.15) is 12.2 Å². The minimum absolute atomic E-state index is 0.0391. The van der Waals surface area contributed by atoms with Crippen molar-refractivity contribution in [3.05, 3.63) is 48.5 Å². The van der Waals surface area contributed by atoms with Gasteiger partial charge in [0.05, 0.1) is 19.2 Å². The molecule has 0 amide bonds. The zero-order chi connectivity index (χ0) is 15.5. The van der Waals surface area contributed by atoms with Crippen LogP contribution in [0.4, 0.5) is 5.95 Å². The van der Waals surface area contributed by atoms with Gasteiger partial charge in [-0.1, -0.05) is 0 Å². The Morgan fingerprint density at radius 2 is 2.00 bits per heavy atom. The van der Waals surface area contributed by atoms with Crippen molar-refractivity contribution in [2.45, 2.75) is 37.7 Å². The number of pyridine rings is 1. The van der Waals surface area contributed by atoms with E-state index in [0.717, 1.165) is 37.5 Å². The third kappa shape index (κ3) is 3.04. The molecular formula is C17H20N4O2. The fraction of sp³-hybridized carbons (Fsp3) is 0.471. The van der Waals surface area contributed by atoms with Crippen molar-refractivity contribution in [1.82, 2.24) is 15.0 Å². The molecule has 2 aromatic rings. The monoisotopic (exact) mass is 312 g/mol. The Labute approximate surface area is 135 Å². The van der Waals surface area contributed by atoms with Crippen LogP contribution in [0.1, 0.15) is 18.4 Å². The Kier molecular flexibility index (Phi) is 4.17. The van der Waals surface area contributed by atoms with Gasteiger partial charge in [-0.15, -0.1) is 0 Å². The number of ether oxygens (including phenoxy) is 2. The van der Waals surface area contributed by atoms with Gasteiger partial charge in [-0.3, -0.25) is 4.98 Å². The van der Waals surface area contributed by atoms with E-state index >= 15 is 0 Å². The Morgan fingerprint density at radius 3 is 2.83 bits per heavy atom. The van der Waals surface area contributed by atoms with Crippen molar-refractivity contribution in [2.24, 2.45) is 0 Å². The maximum Gasteiger partial charge on any atom is 0.225 e. The molecule has 0 saturated carbocycles. The summed E-state index contributed by atoms with van der Waals surface area (Å²) >= 11 is 0. The molecule has 0 unspecified atom stereocenters. The molecule has 2 saturated heterocycles. The van der Waals surface area contributed by atoms with E-state index in [4.69, 9.17) is 9.47 Å². The summed E-state index contributed by atoms with van der Waals surface area (Å²) in [6, 6.07) is 6.10. The molecule has 0 aliphatic carbocycles. The van der Waals surface area contributed by atoms with E-state index in [2.05, 4.69) is 19.9 Å². The lowest BCUT2D eigenvalue weighted by Gasteiger charge is -2.32. The summed E-state index contributed by atoms with van der Waals surface area (Å²) < 4.78 is 12.2. The summed E-state index contributed by atoms with van der Waals surface area (Å²) in [5.41, 5.74) is 1.13. The van der Waals surface area contributed by atoms with Crippen LogP contribution in [-0.4, -0.2) is 46.4 Å². The lowest BCUT2D eigenvalue weighted by atomic mass is 10.0. The molecular weight excluding hydrogens is 292 g/mol. The van der Waals surface area contributed by atoms with Gasteiger partial charge in [-0.2, -0.15) is 0 Å². The molecule has 4 rings (SSSR count). The molecule has 0 aromatic carbocycles. The zero-order valence-corrected chi connectivity index (χ0v) is 12.9. The van der Waals surface area contributed by atoms with E-state index in [9.17, 15) is 0 Å². The van der Waals surface area contributed by atoms with Crippen LogP contribution in [0.2, 0.25) is 0 Å². The van der Waals surface area contributed by atoms with Crippen molar-refractivity contribution in [3.63, 3.8) is 0 Å². The van der Waals surface area contributed by atoms with E-state index in [1.165, 1.54) is 0 Å². The van der Waals surface area contributed by atoms with Crippen LogP contribution < -0.4 is 4.90 Å². The Bertz CT molecular complexity index is 625. The number of aromatic nitrogens is 3. The second kappa shape index (κ2) is 6.60. The summed E-state index contributed by atoms with van der Waals surface area (Å²) in [6.07, 6.45) is 9.44. The highest BCUT2D eigenvalue weighted by molar-refractivity contribution is 5.35. The molecule has 3 atom stereocenters. The second-order valence-corrected chi connectivity index (χ2v) is 5.95. The van der Waals surface area contributed by atoms with Crippen molar-refractivity contribution in [3.8, 4) is 0 Å². The zero-order valence-electron chi connectivity index (χ0n) is 12.9. The van der Waals surface area contributed by atoms with Gasteiger partial charge in [0.15, 0.2) is 0 Å². The SMILES string of the molecule is c1cnc(N2C[C@H](OCc3ccncc3)[C@H]3OCCC[C@H]32)nc1. The highest BCUT2D eigenvalue weighted by atomic mass is 16.5. The predicted molar refractivity (Wildman–Crippen MR) is 85.0 cm³/mol. The first-order valence-corrected chi connectivity index (χ1v) is 8.07. The van der Waals surface area contributed by atoms with E-state index in [1.807, 2.05) is 18.2 Å². The van der Waals surface area contributed by atoms with Crippen LogP contribution in [0.15, 0.2) is 43.0 Å². The smallest absolute Gasteiger partial charge is 0.225 e. The molecule has 23 heavy (non-hydrogen) atoms. The number of fused-ring (bicyclic) bond motifs is 1. The Morgan fingerprint density at radius 1 is 1.17 bits per heavy atom. The third-order valence-electron chi connectivity index (χ3n) is 4.50. The highest BCUT2D eigenvalue weighted by Crippen LogP contribution is 2.33. The van der Waals surface area contributed by atoms with Gasteiger partial charge in [-0.25, -0.2) is 9.97 Å². The van der Waals surface area contributed by atoms with Gasteiger partial charge >= 0.3 is 0 Å². The van der Waals surface area contributed by atoms with Crippen LogP contribution in [0.3, 0.4) is 0 Å². The molecule has 2 fully saturated rings. The molecule has 0 bridgehead atoms. The van der Waals surface area contributed by atoms with Crippen LogP contribution in [0, 0.1) is 0 Å². The number of hydrogen-bond donors (Lipinski definition) is 0. The standard InChI is InChI=1S/C17H20N4O2/c1-3-14-16(22-10-1)15(23-12-13-4-8-18-9-5-13)11-21(14)17-19-6-2-7-20-17/h2,4-9,14-16H,1,3,10-12H2/t14-,15+,16+/m1/s1. The minimum atomic E-state index is 0.0391. The lowest BCUT2D eigenvalue weighted by Crippen LogP contribution is -2.42. The first kappa shape index (κ1) is 14.5. The topological polar surface area (TPSA) is 60.4 Å². The molecule has 6 nitrogen and oxygen atoms in total. The maximum atomic E-state index is 6.16. The quantitative estimate of drug-likeness (QED) is 0.858. The molecule has 0 radical (unpaired) electrons. The molecule has 2 aliphatic rings. The predicted octanol–water partition coefficient (Wildman–Crippen LogP) is 1.82. The summed E-state index contributed by atoms with van der Waals surface area (Å²) in [7, 11) is 0. The van der Waals surface area contributed by atoms with Crippen LogP contribution in [-0.2, 0) is 16.1 Å². The van der Waals surface area contributed by atoms with Crippen LogP contribution >= 0.6 is 0 Å². The molecule has 4 heterocycles. The number of hydrogen-bond acceptors (Lipinski definition) is 6. The third-order valence-corrected chi connectivity index (χ3v) is 4.50. The van der Waals surface area contributed by atoms with Crippen LogP contribution in [0.5, 0.6) is 0 Å². The number of rotatable bonds is 4. The van der Waals surface area contributed by atoms with E-state index in [0.29, 0.717) is 12.6 Å². The highest BCUT2D eigenvalue weighted by Gasteiger charge is 2.45. The number of anilines is 1.